The zero-order chi connectivity index (χ0) is 22.4. The highest BCUT2D eigenvalue weighted by Gasteiger charge is 2.22. The number of fused-ring (bicyclic) bond motifs is 2. The Morgan fingerprint density at radius 3 is 2.75 bits per heavy atom. The number of benzene rings is 3. The summed E-state index contributed by atoms with van der Waals surface area (Å²) in [5.74, 6) is -0.508. The average Bonchev–Trinajstić information content (AvgIpc) is 3.19. The minimum atomic E-state index is -0.508. The third-order valence-electron chi connectivity index (χ3n) is 5.66. The van der Waals surface area contributed by atoms with Crippen LogP contribution in [0.5, 0.6) is 0 Å². The number of H-pyrrole nitrogens is 1. The predicted molar refractivity (Wildman–Crippen MR) is 120 cm³/mol. The molecule has 0 aliphatic carbocycles. The number of nitrogens with two attached hydrogens (primary N) is 1. The second-order valence-corrected chi connectivity index (χ2v) is 7.44. The van der Waals surface area contributed by atoms with Crippen LogP contribution in [0.2, 0.25) is 0 Å². The highest BCUT2D eigenvalue weighted by atomic mass is 19.1. The molecular formula is C24H17FN6O. The molecule has 32 heavy (non-hydrogen) atoms. The topological polar surface area (TPSA) is 113 Å². The summed E-state index contributed by atoms with van der Waals surface area (Å²) in [7, 11) is 1.70. The van der Waals surface area contributed by atoms with Crippen molar-refractivity contribution < 1.29 is 4.39 Å². The number of nitriles is 1. The van der Waals surface area contributed by atoms with Crippen molar-refractivity contribution in [3.05, 3.63) is 82.2 Å². The quantitative estimate of drug-likeness (QED) is 0.459. The Bertz CT molecular complexity index is 1630. The van der Waals surface area contributed by atoms with Crippen molar-refractivity contribution in [3.8, 4) is 28.5 Å². The molecule has 3 aromatic carbocycles. The predicted octanol–water partition coefficient (Wildman–Crippen LogP) is 3.61. The molecule has 0 atom stereocenters. The van der Waals surface area contributed by atoms with E-state index in [4.69, 9.17) is 5.73 Å². The first-order chi connectivity index (χ1) is 15.5. The standard InChI is InChI=1S/C24H17FN6O/c1-31-23(22-18(10-26)15-5-3-2-4-13(15)9-20(22)25)19(12-28-31)14-6-7-16-17(8-14)21(11-27)29-30-24(16)32/h2-9,12H,11,27H2,1H3,(H,30,32). The molecule has 7 nitrogen and oxygen atoms in total. The first-order valence-electron chi connectivity index (χ1n) is 9.89. The molecule has 156 valence electrons. The van der Waals surface area contributed by atoms with Crippen LogP contribution in [0.15, 0.2) is 59.5 Å². The van der Waals surface area contributed by atoms with Crippen molar-refractivity contribution in [2.45, 2.75) is 6.54 Å². The van der Waals surface area contributed by atoms with Crippen LogP contribution < -0.4 is 11.3 Å². The Morgan fingerprint density at radius 2 is 1.97 bits per heavy atom. The number of hydrogen-bond donors (Lipinski definition) is 2. The Kier molecular flexibility index (Phi) is 4.54. The van der Waals surface area contributed by atoms with E-state index in [2.05, 4.69) is 21.4 Å². The maximum absolute atomic E-state index is 15.4. The fourth-order valence-corrected chi connectivity index (χ4v) is 4.15. The average molecular weight is 424 g/mol. The van der Waals surface area contributed by atoms with Gasteiger partial charge in [0.05, 0.1) is 34.1 Å². The van der Waals surface area contributed by atoms with E-state index in [1.54, 1.807) is 54.3 Å². The molecule has 0 spiro atoms. The number of nitrogens with one attached hydrogen (secondary N) is 1. The van der Waals surface area contributed by atoms with Gasteiger partial charge in [0.2, 0.25) is 0 Å². The number of nitrogens with zero attached hydrogens (tertiary/aromatic N) is 4. The lowest BCUT2D eigenvalue weighted by atomic mass is 9.93. The molecule has 0 bridgehead atoms. The number of halogens is 1. The van der Waals surface area contributed by atoms with Gasteiger partial charge < -0.3 is 5.73 Å². The Morgan fingerprint density at radius 1 is 1.16 bits per heavy atom. The summed E-state index contributed by atoms with van der Waals surface area (Å²) < 4.78 is 16.9. The molecule has 0 saturated heterocycles. The maximum atomic E-state index is 15.4. The highest BCUT2D eigenvalue weighted by Crippen LogP contribution is 2.38. The van der Waals surface area contributed by atoms with Crippen LogP contribution in [0.3, 0.4) is 0 Å². The maximum Gasteiger partial charge on any atom is 0.272 e. The minimum Gasteiger partial charge on any atom is -0.325 e. The van der Waals surface area contributed by atoms with E-state index in [9.17, 15) is 10.1 Å². The minimum absolute atomic E-state index is 0.147. The fraction of sp³-hybridized carbons (Fsp3) is 0.0833. The third kappa shape index (κ3) is 2.87. The van der Waals surface area contributed by atoms with Gasteiger partial charge in [0.1, 0.15) is 11.9 Å². The molecule has 2 heterocycles. The highest BCUT2D eigenvalue weighted by molar-refractivity contribution is 5.97. The molecule has 0 amide bonds. The molecule has 0 radical (unpaired) electrons. The molecule has 0 aliphatic heterocycles. The molecule has 0 aliphatic rings. The largest absolute Gasteiger partial charge is 0.325 e. The lowest BCUT2D eigenvalue weighted by molar-refractivity contribution is 0.629. The van der Waals surface area contributed by atoms with E-state index in [-0.39, 0.29) is 23.2 Å². The van der Waals surface area contributed by atoms with Crippen molar-refractivity contribution in [1.29, 1.82) is 5.26 Å². The monoisotopic (exact) mass is 424 g/mol. The number of aromatic amines is 1. The first kappa shape index (κ1) is 19.6. The number of aromatic nitrogens is 4. The smallest absolute Gasteiger partial charge is 0.272 e. The van der Waals surface area contributed by atoms with Gasteiger partial charge in [-0.25, -0.2) is 9.49 Å². The lowest BCUT2D eigenvalue weighted by Gasteiger charge is -2.13. The van der Waals surface area contributed by atoms with E-state index in [1.165, 1.54) is 6.07 Å². The van der Waals surface area contributed by atoms with Crippen molar-refractivity contribution in [3.63, 3.8) is 0 Å². The third-order valence-corrected chi connectivity index (χ3v) is 5.66. The van der Waals surface area contributed by atoms with Crippen LogP contribution in [0.25, 0.3) is 43.9 Å². The van der Waals surface area contributed by atoms with Crippen LogP contribution in [-0.4, -0.2) is 20.0 Å². The van der Waals surface area contributed by atoms with E-state index in [0.29, 0.717) is 44.1 Å². The summed E-state index contributed by atoms with van der Waals surface area (Å²) in [6, 6.07) is 16.0. The molecular weight excluding hydrogens is 407 g/mol. The number of hydrogen-bond acceptors (Lipinski definition) is 5. The van der Waals surface area contributed by atoms with Crippen molar-refractivity contribution >= 4 is 21.5 Å². The van der Waals surface area contributed by atoms with Crippen LogP contribution in [0.4, 0.5) is 4.39 Å². The van der Waals surface area contributed by atoms with Gasteiger partial charge in [0.25, 0.3) is 5.56 Å². The Labute approximate surface area is 181 Å². The molecule has 0 saturated carbocycles. The van der Waals surface area contributed by atoms with Gasteiger partial charge in [-0.3, -0.25) is 9.48 Å². The fourth-order valence-electron chi connectivity index (χ4n) is 4.15. The van der Waals surface area contributed by atoms with Gasteiger partial charge in [-0.1, -0.05) is 30.3 Å². The van der Waals surface area contributed by atoms with E-state index in [1.807, 2.05) is 6.07 Å². The van der Waals surface area contributed by atoms with Crippen LogP contribution in [0.1, 0.15) is 11.3 Å². The molecule has 5 rings (SSSR count). The molecule has 8 heteroatoms. The van der Waals surface area contributed by atoms with Crippen molar-refractivity contribution in [1.82, 2.24) is 20.0 Å². The first-order valence-corrected chi connectivity index (χ1v) is 9.89. The summed E-state index contributed by atoms with van der Waals surface area (Å²) in [4.78, 5) is 12.2. The van der Waals surface area contributed by atoms with E-state index >= 15 is 4.39 Å². The number of rotatable bonds is 3. The zero-order valence-corrected chi connectivity index (χ0v) is 17.1. The molecule has 2 aromatic heterocycles. The van der Waals surface area contributed by atoms with Gasteiger partial charge in [-0.2, -0.15) is 15.5 Å². The van der Waals surface area contributed by atoms with Crippen LogP contribution in [0, 0.1) is 17.1 Å². The van der Waals surface area contributed by atoms with Gasteiger partial charge >= 0.3 is 0 Å². The SMILES string of the molecule is Cn1ncc(-c2ccc3c(=O)[nH]nc(CN)c3c2)c1-c1c(F)cc2ccccc2c1C#N. The zero-order valence-electron chi connectivity index (χ0n) is 17.1. The van der Waals surface area contributed by atoms with Gasteiger partial charge in [0, 0.05) is 29.9 Å². The molecule has 3 N–H and O–H groups in total. The second kappa shape index (κ2) is 7.41. The summed E-state index contributed by atoms with van der Waals surface area (Å²) in [5.41, 5.74) is 8.26. The van der Waals surface area contributed by atoms with Crippen LogP contribution in [-0.2, 0) is 13.6 Å². The molecule has 0 fully saturated rings. The normalized spacial score (nSPS) is 11.2. The summed E-state index contributed by atoms with van der Waals surface area (Å²) in [6.45, 7) is 0.147. The van der Waals surface area contributed by atoms with Gasteiger partial charge in [-0.15, -0.1) is 0 Å². The van der Waals surface area contributed by atoms with E-state index in [0.717, 1.165) is 0 Å². The summed E-state index contributed by atoms with van der Waals surface area (Å²) in [6.07, 6.45) is 1.62. The lowest BCUT2D eigenvalue weighted by Crippen LogP contribution is -2.13. The van der Waals surface area contributed by atoms with Crippen molar-refractivity contribution in [2.24, 2.45) is 12.8 Å². The molecule has 0 unspecified atom stereocenters. The second-order valence-electron chi connectivity index (χ2n) is 7.44. The van der Waals surface area contributed by atoms with Crippen molar-refractivity contribution in [2.75, 3.05) is 0 Å². The Balaban J connectivity index is 1.82. The molecule has 5 aromatic rings. The van der Waals surface area contributed by atoms with E-state index < -0.39 is 5.82 Å². The summed E-state index contributed by atoms with van der Waals surface area (Å²) in [5, 5.41) is 23.1. The Hall–Kier alpha value is -4.35. The summed E-state index contributed by atoms with van der Waals surface area (Å²) >= 11 is 0. The van der Waals surface area contributed by atoms with Gasteiger partial charge in [-0.05, 0) is 29.1 Å². The van der Waals surface area contributed by atoms with Crippen LogP contribution >= 0.6 is 0 Å². The van der Waals surface area contributed by atoms with Gasteiger partial charge in [0.15, 0.2) is 0 Å². The number of aryl methyl sites for hydroxylation is 1.